The molecule has 0 saturated heterocycles. The SMILES string of the molecule is Cc1csc(=O)n1CCC(=O)OCC(=O)Nc1ccc(N=Nc2ccccc2)cc1. The van der Waals surface area contributed by atoms with Crippen LogP contribution in [0.2, 0.25) is 0 Å². The van der Waals surface area contributed by atoms with E-state index in [1.807, 2.05) is 30.3 Å². The number of thiazole rings is 1. The number of hydrogen-bond donors (Lipinski definition) is 1. The normalized spacial score (nSPS) is 10.8. The molecule has 0 aliphatic heterocycles. The van der Waals surface area contributed by atoms with Crippen LogP contribution in [0, 0.1) is 6.92 Å². The van der Waals surface area contributed by atoms with Crippen molar-refractivity contribution in [1.82, 2.24) is 4.57 Å². The van der Waals surface area contributed by atoms with Gasteiger partial charge in [0.25, 0.3) is 5.91 Å². The van der Waals surface area contributed by atoms with Crippen molar-refractivity contribution in [2.24, 2.45) is 10.2 Å². The topological polar surface area (TPSA) is 102 Å². The van der Waals surface area contributed by atoms with Gasteiger partial charge in [-0.15, -0.1) is 0 Å². The number of nitrogens with one attached hydrogen (secondary N) is 1. The molecule has 30 heavy (non-hydrogen) atoms. The Hall–Kier alpha value is -3.59. The number of carbonyl (C=O) groups excluding carboxylic acids is 2. The largest absolute Gasteiger partial charge is 0.456 e. The van der Waals surface area contributed by atoms with Crippen LogP contribution in [0.15, 0.2) is 75.0 Å². The van der Waals surface area contributed by atoms with Crippen molar-refractivity contribution < 1.29 is 14.3 Å². The molecule has 0 aliphatic carbocycles. The van der Waals surface area contributed by atoms with E-state index in [0.29, 0.717) is 11.4 Å². The summed E-state index contributed by atoms with van der Waals surface area (Å²) in [4.78, 5) is 35.3. The van der Waals surface area contributed by atoms with E-state index in [1.54, 1.807) is 36.6 Å². The zero-order valence-corrected chi connectivity index (χ0v) is 17.1. The van der Waals surface area contributed by atoms with Gasteiger partial charge in [-0.3, -0.25) is 14.4 Å². The molecule has 3 rings (SSSR count). The molecule has 1 aromatic heterocycles. The molecule has 1 N–H and O–H groups in total. The number of aryl methyl sites for hydroxylation is 1. The van der Waals surface area contributed by atoms with Gasteiger partial charge in [-0.05, 0) is 43.3 Å². The molecule has 9 heteroatoms. The predicted octanol–water partition coefficient (Wildman–Crippen LogP) is 4.21. The number of benzene rings is 2. The Kier molecular flexibility index (Phi) is 7.23. The molecule has 0 unspecified atom stereocenters. The van der Waals surface area contributed by atoms with Gasteiger partial charge in [0.05, 0.1) is 17.8 Å². The molecule has 0 saturated carbocycles. The minimum atomic E-state index is -0.542. The Morgan fingerprint density at radius 2 is 1.70 bits per heavy atom. The summed E-state index contributed by atoms with van der Waals surface area (Å²) in [5, 5.41) is 12.6. The van der Waals surface area contributed by atoms with E-state index in [-0.39, 0.29) is 17.8 Å². The van der Waals surface area contributed by atoms with E-state index in [9.17, 15) is 14.4 Å². The molecule has 0 bridgehead atoms. The first-order valence-electron chi connectivity index (χ1n) is 9.18. The van der Waals surface area contributed by atoms with Crippen molar-refractivity contribution in [1.29, 1.82) is 0 Å². The summed E-state index contributed by atoms with van der Waals surface area (Å²) in [6, 6.07) is 16.2. The van der Waals surface area contributed by atoms with Crippen LogP contribution in [0.1, 0.15) is 12.1 Å². The Labute approximate surface area is 176 Å². The molecule has 3 aromatic rings. The van der Waals surface area contributed by atoms with Crippen molar-refractivity contribution in [3.05, 3.63) is 75.3 Å². The highest BCUT2D eigenvalue weighted by Crippen LogP contribution is 2.20. The molecular formula is C21H20N4O4S. The lowest BCUT2D eigenvalue weighted by Gasteiger charge is -2.07. The fraction of sp³-hybridized carbons (Fsp3) is 0.190. The van der Waals surface area contributed by atoms with E-state index < -0.39 is 18.5 Å². The molecule has 1 amide bonds. The Morgan fingerprint density at radius 3 is 2.33 bits per heavy atom. The number of anilines is 1. The van der Waals surface area contributed by atoms with Crippen molar-refractivity contribution in [2.45, 2.75) is 19.9 Å². The molecule has 8 nitrogen and oxygen atoms in total. The average molecular weight is 424 g/mol. The quantitative estimate of drug-likeness (QED) is 0.432. The molecule has 0 atom stereocenters. The van der Waals surface area contributed by atoms with Crippen LogP contribution in [0.5, 0.6) is 0 Å². The third-order valence-electron chi connectivity index (χ3n) is 4.07. The summed E-state index contributed by atoms with van der Waals surface area (Å²) < 4.78 is 6.47. The lowest BCUT2D eigenvalue weighted by atomic mass is 10.3. The number of hydrogen-bond acceptors (Lipinski definition) is 7. The number of ether oxygens (including phenoxy) is 1. The first-order valence-corrected chi connectivity index (χ1v) is 10.1. The second-order valence-corrected chi connectivity index (χ2v) is 7.16. The zero-order chi connectivity index (χ0) is 21.3. The van der Waals surface area contributed by atoms with Gasteiger partial charge in [0.2, 0.25) is 0 Å². The minimum Gasteiger partial charge on any atom is -0.456 e. The fourth-order valence-corrected chi connectivity index (χ4v) is 3.28. The van der Waals surface area contributed by atoms with Crippen molar-refractivity contribution in [2.75, 3.05) is 11.9 Å². The van der Waals surface area contributed by atoms with Crippen LogP contribution in [0.25, 0.3) is 0 Å². The maximum atomic E-state index is 12.0. The summed E-state index contributed by atoms with van der Waals surface area (Å²) in [5.41, 5.74) is 2.73. The number of amides is 1. The van der Waals surface area contributed by atoms with E-state index >= 15 is 0 Å². The fourth-order valence-electron chi connectivity index (χ4n) is 2.51. The minimum absolute atomic E-state index is 0.0197. The lowest BCUT2D eigenvalue weighted by molar-refractivity contribution is -0.147. The van der Waals surface area contributed by atoms with Crippen molar-refractivity contribution in [3.8, 4) is 0 Å². The number of azo groups is 1. The van der Waals surface area contributed by atoms with Gasteiger partial charge in [0.15, 0.2) is 6.61 Å². The third-order valence-corrected chi connectivity index (χ3v) is 4.95. The van der Waals surface area contributed by atoms with Crippen LogP contribution in [0.3, 0.4) is 0 Å². The highest BCUT2D eigenvalue weighted by atomic mass is 32.1. The van der Waals surface area contributed by atoms with E-state index in [4.69, 9.17) is 4.74 Å². The molecular weight excluding hydrogens is 404 g/mol. The average Bonchev–Trinajstić information content (AvgIpc) is 3.08. The second kappa shape index (κ2) is 10.3. The maximum absolute atomic E-state index is 12.0. The van der Waals surface area contributed by atoms with Gasteiger partial charge in [0.1, 0.15) is 0 Å². The molecule has 0 radical (unpaired) electrons. The van der Waals surface area contributed by atoms with Crippen LogP contribution in [-0.2, 0) is 20.9 Å². The summed E-state index contributed by atoms with van der Waals surface area (Å²) in [6.45, 7) is 1.63. The highest BCUT2D eigenvalue weighted by molar-refractivity contribution is 7.07. The first kappa shape index (κ1) is 21.1. The van der Waals surface area contributed by atoms with E-state index in [2.05, 4.69) is 15.5 Å². The smallest absolute Gasteiger partial charge is 0.308 e. The first-order chi connectivity index (χ1) is 14.5. The predicted molar refractivity (Wildman–Crippen MR) is 115 cm³/mol. The summed E-state index contributed by atoms with van der Waals surface area (Å²) in [6.07, 6.45) is 0.0197. The van der Waals surface area contributed by atoms with Crippen molar-refractivity contribution >= 4 is 40.3 Å². The number of nitrogens with zero attached hydrogens (tertiary/aromatic N) is 3. The molecule has 0 aliphatic rings. The van der Waals surface area contributed by atoms with Crippen molar-refractivity contribution in [3.63, 3.8) is 0 Å². The summed E-state index contributed by atoms with van der Waals surface area (Å²) >= 11 is 1.08. The van der Waals surface area contributed by atoms with Gasteiger partial charge >= 0.3 is 10.8 Å². The number of aromatic nitrogens is 1. The maximum Gasteiger partial charge on any atom is 0.308 e. The van der Waals surface area contributed by atoms with Gasteiger partial charge < -0.3 is 14.6 Å². The Bertz CT molecular complexity index is 1090. The highest BCUT2D eigenvalue weighted by Gasteiger charge is 2.10. The summed E-state index contributed by atoms with van der Waals surface area (Å²) in [5.74, 6) is -0.995. The molecule has 2 aromatic carbocycles. The Morgan fingerprint density at radius 1 is 1.03 bits per heavy atom. The van der Waals surface area contributed by atoms with Gasteiger partial charge in [0, 0.05) is 23.3 Å². The van der Waals surface area contributed by atoms with Crippen LogP contribution < -0.4 is 10.2 Å². The van der Waals surface area contributed by atoms with Crippen LogP contribution in [0.4, 0.5) is 17.1 Å². The monoisotopic (exact) mass is 424 g/mol. The Balaban J connectivity index is 1.42. The van der Waals surface area contributed by atoms with Gasteiger partial charge in [-0.2, -0.15) is 10.2 Å². The number of carbonyl (C=O) groups is 2. The standard InChI is InChI=1S/C21H20N4O4S/c1-15-14-30-21(28)25(15)12-11-20(27)29-13-19(26)22-16-7-9-18(10-8-16)24-23-17-5-3-2-4-6-17/h2-10,14H,11-13H2,1H3,(H,22,26). The van der Waals surface area contributed by atoms with E-state index in [1.165, 1.54) is 4.57 Å². The van der Waals surface area contributed by atoms with Gasteiger partial charge in [-0.1, -0.05) is 29.5 Å². The number of esters is 1. The third kappa shape index (κ3) is 6.21. The lowest BCUT2D eigenvalue weighted by Crippen LogP contribution is -2.22. The van der Waals surface area contributed by atoms with Gasteiger partial charge in [-0.25, -0.2) is 0 Å². The zero-order valence-electron chi connectivity index (χ0n) is 16.3. The molecule has 154 valence electrons. The summed E-state index contributed by atoms with van der Waals surface area (Å²) in [7, 11) is 0. The molecule has 0 fully saturated rings. The van der Waals surface area contributed by atoms with Crippen LogP contribution in [-0.4, -0.2) is 23.1 Å². The molecule has 0 spiro atoms. The van der Waals surface area contributed by atoms with Crippen LogP contribution >= 0.6 is 11.3 Å². The van der Waals surface area contributed by atoms with E-state index in [0.717, 1.165) is 22.7 Å². The number of rotatable bonds is 8. The second-order valence-electron chi connectivity index (χ2n) is 6.34. The molecule has 1 heterocycles.